The maximum absolute atomic E-state index is 10.4. The lowest BCUT2D eigenvalue weighted by molar-refractivity contribution is -0.139. The summed E-state index contributed by atoms with van der Waals surface area (Å²) in [4.78, 5) is 10.4. The first-order valence-electron chi connectivity index (χ1n) is 2.47. The predicted molar refractivity (Wildman–Crippen MR) is 35.9 cm³/mol. The van der Waals surface area contributed by atoms with Crippen LogP contribution in [0.4, 0.5) is 0 Å². The number of hydrogen-bond donors (Lipinski definition) is 0. The molecule has 0 aliphatic carbocycles. The van der Waals surface area contributed by atoms with Crippen molar-refractivity contribution in [1.82, 2.24) is 0 Å². The van der Waals surface area contributed by atoms with Gasteiger partial charge in [-0.1, -0.05) is 25.1 Å². The molecule has 0 heterocycles. The van der Waals surface area contributed by atoms with Gasteiger partial charge in [0.25, 0.3) is 0 Å². The number of alkyl halides is 1. The Bertz CT molecular complexity index is 112. The molecule has 0 aliphatic rings. The summed E-state index contributed by atoms with van der Waals surface area (Å²) in [7, 11) is 0. The Hall–Kier alpha value is -0.500. The molecule has 0 saturated carbocycles. The van der Waals surface area contributed by atoms with E-state index in [1.807, 2.05) is 0 Å². The van der Waals surface area contributed by atoms with Crippen molar-refractivity contribution in [3.8, 4) is 0 Å². The first kappa shape index (κ1) is 8.50. The van der Waals surface area contributed by atoms with Crippen LogP contribution in [0, 0.1) is 6.42 Å². The third kappa shape index (κ3) is 4.03. The van der Waals surface area contributed by atoms with E-state index in [0.29, 0.717) is 0 Å². The average molecular weight is 148 g/mol. The Morgan fingerprint density at radius 1 is 1.89 bits per heavy atom. The number of ether oxygens (including phenoxy) is 1. The standard InChI is InChI=1S/C6H8ClO2/c1-3-5(7)9-6(8)4-2/h3-5H,1H2,2H3. The SMILES string of the molecule is C=CC(Cl)OC(=O)[CH]C. The number of carbonyl (C=O) groups excluding carboxylic acids is 1. The molecule has 0 aromatic heterocycles. The lowest BCUT2D eigenvalue weighted by Gasteiger charge is -2.03. The molecule has 0 N–H and O–H groups in total. The Labute approximate surface area is 59.5 Å². The van der Waals surface area contributed by atoms with Crippen LogP contribution in [0.1, 0.15) is 6.92 Å². The van der Waals surface area contributed by atoms with Crippen molar-refractivity contribution in [3.63, 3.8) is 0 Å². The number of rotatable bonds is 3. The third-order valence-corrected chi connectivity index (χ3v) is 0.917. The van der Waals surface area contributed by atoms with Crippen molar-refractivity contribution in [2.45, 2.75) is 12.5 Å². The minimum atomic E-state index is -0.714. The van der Waals surface area contributed by atoms with Crippen LogP contribution < -0.4 is 0 Å². The van der Waals surface area contributed by atoms with Crippen molar-refractivity contribution < 1.29 is 9.53 Å². The van der Waals surface area contributed by atoms with Gasteiger partial charge in [-0.05, 0) is 6.08 Å². The largest absolute Gasteiger partial charge is 0.442 e. The van der Waals surface area contributed by atoms with E-state index in [0.717, 1.165) is 0 Å². The second-order valence-corrected chi connectivity index (χ2v) is 1.74. The molecule has 2 nitrogen and oxygen atoms in total. The molecule has 1 radical (unpaired) electrons. The second-order valence-electron chi connectivity index (χ2n) is 1.31. The van der Waals surface area contributed by atoms with Crippen molar-refractivity contribution in [1.29, 1.82) is 0 Å². The molecule has 0 amide bonds. The van der Waals surface area contributed by atoms with Crippen molar-refractivity contribution in [3.05, 3.63) is 19.1 Å². The van der Waals surface area contributed by atoms with Gasteiger partial charge in [0.1, 0.15) is 0 Å². The van der Waals surface area contributed by atoms with Crippen LogP contribution in [-0.2, 0) is 9.53 Å². The van der Waals surface area contributed by atoms with Gasteiger partial charge in [0.05, 0.1) is 6.42 Å². The summed E-state index contributed by atoms with van der Waals surface area (Å²) < 4.78 is 4.50. The van der Waals surface area contributed by atoms with Crippen LogP contribution in [0.5, 0.6) is 0 Å². The summed E-state index contributed by atoms with van der Waals surface area (Å²) in [6.45, 7) is 4.90. The molecule has 0 spiro atoms. The van der Waals surface area contributed by atoms with Crippen LogP contribution in [0.25, 0.3) is 0 Å². The van der Waals surface area contributed by atoms with Gasteiger partial charge in [-0.3, -0.25) is 4.79 Å². The molecule has 51 valence electrons. The lowest BCUT2D eigenvalue weighted by Crippen LogP contribution is -2.08. The van der Waals surface area contributed by atoms with E-state index in [1.165, 1.54) is 12.5 Å². The molecule has 0 aliphatic heterocycles. The maximum Gasteiger partial charge on any atom is 0.311 e. The summed E-state index contributed by atoms with van der Waals surface area (Å²) in [5.41, 5.74) is -0.714. The van der Waals surface area contributed by atoms with E-state index >= 15 is 0 Å². The Morgan fingerprint density at radius 2 is 2.44 bits per heavy atom. The highest BCUT2D eigenvalue weighted by molar-refractivity contribution is 6.21. The van der Waals surface area contributed by atoms with Gasteiger partial charge < -0.3 is 4.74 Å². The fraction of sp³-hybridized carbons (Fsp3) is 0.333. The molecule has 3 heteroatoms. The highest BCUT2D eigenvalue weighted by atomic mass is 35.5. The van der Waals surface area contributed by atoms with E-state index in [2.05, 4.69) is 11.3 Å². The van der Waals surface area contributed by atoms with E-state index < -0.39 is 11.5 Å². The molecule has 9 heavy (non-hydrogen) atoms. The van der Waals surface area contributed by atoms with Crippen LogP contribution >= 0.6 is 11.6 Å². The monoisotopic (exact) mass is 147 g/mol. The minimum absolute atomic E-state index is 0.435. The Morgan fingerprint density at radius 3 is 2.78 bits per heavy atom. The average Bonchev–Trinajstić information content (AvgIpc) is 1.87. The predicted octanol–water partition coefficient (Wildman–Crippen LogP) is 1.50. The fourth-order valence-electron chi connectivity index (χ4n) is 0.227. The van der Waals surface area contributed by atoms with Gasteiger partial charge in [0, 0.05) is 0 Å². The number of halogens is 1. The maximum atomic E-state index is 10.4. The molecule has 0 aromatic rings. The van der Waals surface area contributed by atoms with Gasteiger partial charge in [0.15, 0.2) is 5.56 Å². The van der Waals surface area contributed by atoms with E-state index in [4.69, 9.17) is 11.6 Å². The van der Waals surface area contributed by atoms with E-state index in [9.17, 15) is 4.79 Å². The zero-order valence-corrected chi connectivity index (χ0v) is 5.89. The zero-order chi connectivity index (χ0) is 7.28. The first-order valence-corrected chi connectivity index (χ1v) is 2.91. The molecule has 0 saturated heterocycles. The summed E-state index contributed by atoms with van der Waals surface area (Å²) in [6, 6.07) is 0. The van der Waals surface area contributed by atoms with Gasteiger partial charge in [-0.2, -0.15) is 0 Å². The number of hydrogen-bond acceptors (Lipinski definition) is 2. The second kappa shape index (κ2) is 4.39. The fourth-order valence-corrected chi connectivity index (χ4v) is 0.315. The lowest BCUT2D eigenvalue weighted by atomic mass is 10.5. The Kier molecular flexibility index (Phi) is 4.14. The number of esters is 1. The molecular formula is C6H8ClO2. The number of carbonyl (C=O) groups is 1. The summed E-state index contributed by atoms with van der Waals surface area (Å²) in [5.74, 6) is -0.435. The highest BCUT2D eigenvalue weighted by Crippen LogP contribution is 1.99. The van der Waals surface area contributed by atoms with Gasteiger partial charge in [-0.15, -0.1) is 0 Å². The highest BCUT2D eigenvalue weighted by Gasteiger charge is 2.03. The van der Waals surface area contributed by atoms with Gasteiger partial charge >= 0.3 is 5.97 Å². The Balaban J connectivity index is 3.46. The quantitative estimate of drug-likeness (QED) is 0.344. The van der Waals surface area contributed by atoms with E-state index in [1.54, 1.807) is 6.92 Å². The molecule has 1 unspecified atom stereocenters. The normalized spacial score (nSPS) is 12.2. The molecule has 0 rings (SSSR count). The van der Waals surface area contributed by atoms with Crippen molar-refractivity contribution in [2.24, 2.45) is 0 Å². The molecule has 1 atom stereocenters. The smallest absolute Gasteiger partial charge is 0.311 e. The van der Waals surface area contributed by atoms with Crippen LogP contribution in [0.2, 0.25) is 0 Å². The van der Waals surface area contributed by atoms with Crippen molar-refractivity contribution in [2.75, 3.05) is 0 Å². The summed E-state index contributed by atoms with van der Waals surface area (Å²) >= 11 is 5.36. The van der Waals surface area contributed by atoms with E-state index in [-0.39, 0.29) is 0 Å². The van der Waals surface area contributed by atoms with Crippen LogP contribution in [-0.4, -0.2) is 11.5 Å². The zero-order valence-electron chi connectivity index (χ0n) is 5.13. The molecule has 0 fully saturated rings. The van der Waals surface area contributed by atoms with Crippen LogP contribution in [0.15, 0.2) is 12.7 Å². The van der Waals surface area contributed by atoms with Gasteiger partial charge in [0.2, 0.25) is 0 Å². The minimum Gasteiger partial charge on any atom is -0.442 e. The van der Waals surface area contributed by atoms with Crippen molar-refractivity contribution >= 4 is 17.6 Å². The molecule has 0 aromatic carbocycles. The van der Waals surface area contributed by atoms with Crippen LogP contribution in [0.3, 0.4) is 0 Å². The third-order valence-electron chi connectivity index (χ3n) is 0.650. The van der Waals surface area contributed by atoms with Gasteiger partial charge in [-0.25, -0.2) is 0 Å². The summed E-state index contributed by atoms with van der Waals surface area (Å²) in [6.07, 6.45) is 2.63. The summed E-state index contributed by atoms with van der Waals surface area (Å²) in [5, 5.41) is 0. The topological polar surface area (TPSA) is 26.3 Å². The molecule has 0 bridgehead atoms. The first-order chi connectivity index (χ1) is 4.20. The molecular weight excluding hydrogens is 140 g/mol.